The number of hydrogen-bond acceptors (Lipinski definition) is 6. The SMILES string of the molecule is CO[C@H]1C[C@H](c2nnc(C)o2)N(C(=O)Cc2coc3cc(C)c(C)cc23)C1. The van der Waals surface area contributed by atoms with E-state index < -0.39 is 0 Å². The fraction of sp³-hybridized carbons (Fsp3) is 0.450. The Morgan fingerprint density at radius 1 is 1.26 bits per heavy atom. The maximum absolute atomic E-state index is 13.1. The van der Waals surface area contributed by atoms with Gasteiger partial charge in [0.1, 0.15) is 11.6 Å². The van der Waals surface area contributed by atoms with Crippen LogP contribution in [0.25, 0.3) is 11.0 Å². The number of carbonyl (C=O) groups excluding carboxylic acids is 1. The van der Waals surface area contributed by atoms with E-state index in [4.69, 9.17) is 13.6 Å². The highest BCUT2D eigenvalue weighted by molar-refractivity contribution is 5.88. The van der Waals surface area contributed by atoms with Crippen LogP contribution in [-0.4, -0.2) is 40.8 Å². The lowest BCUT2D eigenvalue weighted by Gasteiger charge is -2.21. The van der Waals surface area contributed by atoms with Gasteiger partial charge >= 0.3 is 0 Å². The first-order chi connectivity index (χ1) is 13.0. The van der Waals surface area contributed by atoms with Gasteiger partial charge in [0.2, 0.25) is 17.7 Å². The highest BCUT2D eigenvalue weighted by Crippen LogP contribution is 2.34. The Labute approximate surface area is 157 Å². The van der Waals surface area contributed by atoms with Gasteiger partial charge in [-0.15, -0.1) is 10.2 Å². The van der Waals surface area contributed by atoms with Crippen LogP contribution in [0.2, 0.25) is 0 Å². The third kappa shape index (κ3) is 3.23. The molecule has 142 valence electrons. The van der Waals surface area contributed by atoms with E-state index >= 15 is 0 Å². The smallest absolute Gasteiger partial charge is 0.239 e. The first-order valence-electron chi connectivity index (χ1n) is 9.06. The molecule has 0 unspecified atom stereocenters. The van der Waals surface area contributed by atoms with Gasteiger partial charge in [-0.25, -0.2) is 0 Å². The Bertz CT molecular complexity index is 990. The fourth-order valence-electron chi connectivity index (χ4n) is 3.66. The van der Waals surface area contributed by atoms with Crippen LogP contribution in [0, 0.1) is 20.8 Å². The Kier molecular flexibility index (Phi) is 4.47. The lowest BCUT2D eigenvalue weighted by Crippen LogP contribution is -2.33. The molecule has 2 aromatic heterocycles. The van der Waals surface area contributed by atoms with Crippen LogP contribution < -0.4 is 0 Å². The van der Waals surface area contributed by atoms with Crippen LogP contribution in [0.15, 0.2) is 27.2 Å². The van der Waals surface area contributed by atoms with Crippen molar-refractivity contribution in [2.24, 2.45) is 0 Å². The minimum absolute atomic E-state index is 0.00340. The van der Waals surface area contributed by atoms with Crippen molar-refractivity contribution in [3.63, 3.8) is 0 Å². The first kappa shape index (κ1) is 17.7. The molecule has 1 aliphatic rings. The zero-order valence-corrected chi connectivity index (χ0v) is 16.0. The molecular weight excluding hydrogens is 346 g/mol. The second-order valence-corrected chi connectivity index (χ2v) is 7.18. The van der Waals surface area contributed by atoms with Crippen LogP contribution in [-0.2, 0) is 16.0 Å². The summed E-state index contributed by atoms with van der Waals surface area (Å²) in [5.74, 6) is 0.949. The quantitative estimate of drug-likeness (QED) is 0.702. The van der Waals surface area contributed by atoms with Gasteiger partial charge in [-0.2, -0.15) is 0 Å². The summed E-state index contributed by atoms with van der Waals surface area (Å²) in [6.07, 6.45) is 2.54. The Morgan fingerprint density at radius 2 is 2.04 bits per heavy atom. The minimum atomic E-state index is -0.259. The van der Waals surface area contributed by atoms with Crippen molar-refractivity contribution in [1.29, 1.82) is 0 Å². The van der Waals surface area contributed by atoms with Crippen LogP contribution in [0.1, 0.15) is 40.9 Å². The van der Waals surface area contributed by atoms with Gasteiger partial charge in [-0.1, -0.05) is 0 Å². The number of rotatable bonds is 4. The van der Waals surface area contributed by atoms with Crippen molar-refractivity contribution in [3.05, 3.63) is 46.9 Å². The van der Waals surface area contributed by atoms with E-state index in [9.17, 15) is 4.79 Å². The molecule has 1 fully saturated rings. The number of carbonyl (C=O) groups is 1. The summed E-state index contributed by atoms with van der Waals surface area (Å²) in [6, 6.07) is 3.84. The maximum atomic E-state index is 13.1. The Hall–Kier alpha value is -2.67. The van der Waals surface area contributed by atoms with Gasteiger partial charge in [0.25, 0.3) is 0 Å². The Morgan fingerprint density at radius 3 is 2.74 bits per heavy atom. The van der Waals surface area contributed by atoms with Gasteiger partial charge in [0.15, 0.2) is 0 Å². The number of aromatic nitrogens is 2. The van der Waals surface area contributed by atoms with E-state index in [0.29, 0.717) is 24.7 Å². The average Bonchev–Trinajstić information content (AvgIpc) is 3.34. The standard InChI is InChI=1S/C20H23N3O4/c1-11-5-16-14(10-26-18(16)6-12(11)2)7-19(24)23-9-15(25-4)8-17(23)20-22-21-13(3)27-20/h5-6,10,15,17H,7-9H2,1-4H3/t15-,17+/m0/s1. The molecule has 1 aliphatic heterocycles. The molecule has 2 atom stereocenters. The zero-order chi connectivity index (χ0) is 19.1. The van der Waals surface area contributed by atoms with E-state index in [0.717, 1.165) is 16.5 Å². The molecule has 1 saturated heterocycles. The number of hydrogen-bond donors (Lipinski definition) is 0. The minimum Gasteiger partial charge on any atom is -0.464 e. The average molecular weight is 369 g/mol. The van der Waals surface area contributed by atoms with E-state index in [1.165, 1.54) is 11.1 Å². The van der Waals surface area contributed by atoms with Crippen LogP contribution in [0.3, 0.4) is 0 Å². The topological polar surface area (TPSA) is 81.6 Å². The molecule has 7 nitrogen and oxygen atoms in total. The summed E-state index contributed by atoms with van der Waals surface area (Å²) >= 11 is 0. The molecule has 3 aromatic rings. The number of methoxy groups -OCH3 is 1. The molecule has 3 heterocycles. The van der Waals surface area contributed by atoms with Crippen molar-refractivity contribution in [2.75, 3.05) is 13.7 Å². The number of likely N-dealkylation sites (tertiary alicyclic amines) is 1. The van der Waals surface area contributed by atoms with Crippen molar-refractivity contribution >= 4 is 16.9 Å². The van der Waals surface area contributed by atoms with E-state index in [-0.39, 0.29) is 24.5 Å². The number of ether oxygens (including phenoxy) is 1. The normalized spacial score (nSPS) is 19.9. The van der Waals surface area contributed by atoms with E-state index in [1.807, 2.05) is 13.0 Å². The number of nitrogens with zero attached hydrogens (tertiary/aromatic N) is 3. The molecule has 0 aliphatic carbocycles. The third-order valence-corrected chi connectivity index (χ3v) is 5.35. The predicted molar refractivity (Wildman–Crippen MR) is 98.3 cm³/mol. The van der Waals surface area contributed by atoms with E-state index in [2.05, 4.69) is 23.2 Å². The summed E-state index contributed by atoms with van der Waals surface area (Å²) in [5, 5.41) is 9.00. The molecule has 0 N–H and O–H groups in total. The fourth-order valence-corrected chi connectivity index (χ4v) is 3.66. The molecule has 1 aromatic carbocycles. The van der Waals surface area contributed by atoms with Crippen LogP contribution >= 0.6 is 0 Å². The summed E-state index contributed by atoms with van der Waals surface area (Å²) in [5.41, 5.74) is 4.04. The molecule has 7 heteroatoms. The number of fused-ring (bicyclic) bond motifs is 1. The number of benzene rings is 1. The van der Waals surface area contributed by atoms with Crippen molar-refractivity contribution in [1.82, 2.24) is 15.1 Å². The lowest BCUT2D eigenvalue weighted by molar-refractivity contribution is -0.132. The van der Waals surface area contributed by atoms with Crippen molar-refractivity contribution in [2.45, 2.75) is 45.8 Å². The van der Waals surface area contributed by atoms with E-state index in [1.54, 1.807) is 25.2 Å². The summed E-state index contributed by atoms with van der Waals surface area (Å²) in [6.45, 7) is 6.36. The maximum Gasteiger partial charge on any atom is 0.239 e. The molecule has 27 heavy (non-hydrogen) atoms. The first-order valence-corrected chi connectivity index (χ1v) is 9.06. The van der Waals surface area contributed by atoms with Gasteiger partial charge in [-0.05, 0) is 37.1 Å². The molecule has 1 amide bonds. The molecule has 0 bridgehead atoms. The molecule has 0 spiro atoms. The van der Waals surface area contributed by atoms with Crippen LogP contribution in [0.5, 0.6) is 0 Å². The third-order valence-electron chi connectivity index (χ3n) is 5.35. The lowest BCUT2D eigenvalue weighted by atomic mass is 10.0. The zero-order valence-electron chi connectivity index (χ0n) is 16.0. The number of aryl methyl sites for hydroxylation is 3. The highest BCUT2D eigenvalue weighted by atomic mass is 16.5. The van der Waals surface area contributed by atoms with Crippen molar-refractivity contribution < 1.29 is 18.4 Å². The Balaban J connectivity index is 1.60. The summed E-state index contributed by atoms with van der Waals surface area (Å²) < 4.78 is 16.7. The molecule has 0 saturated carbocycles. The van der Waals surface area contributed by atoms with Gasteiger partial charge in [0, 0.05) is 37.9 Å². The number of furan rings is 1. The highest BCUT2D eigenvalue weighted by Gasteiger charge is 2.39. The summed E-state index contributed by atoms with van der Waals surface area (Å²) in [7, 11) is 1.66. The van der Waals surface area contributed by atoms with Crippen LogP contribution in [0.4, 0.5) is 0 Å². The van der Waals surface area contributed by atoms with Gasteiger partial charge in [0.05, 0.1) is 18.8 Å². The van der Waals surface area contributed by atoms with Crippen molar-refractivity contribution in [3.8, 4) is 0 Å². The largest absolute Gasteiger partial charge is 0.464 e. The number of amides is 1. The second-order valence-electron chi connectivity index (χ2n) is 7.18. The summed E-state index contributed by atoms with van der Waals surface area (Å²) in [4.78, 5) is 14.9. The monoisotopic (exact) mass is 369 g/mol. The molecule has 0 radical (unpaired) electrons. The second kappa shape index (κ2) is 6.81. The molecule has 4 rings (SSSR count). The van der Waals surface area contributed by atoms with Gasteiger partial charge in [-0.3, -0.25) is 4.79 Å². The molecular formula is C20H23N3O4. The predicted octanol–water partition coefficient (Wildman–Crippen LogP) is 3.27. The van der Waals surface area contributed by atoms with Gasteiger partial charge < -0.3 is 18.5 Å².